The van der Waals surface area contributed by atoms with Crippen LogP contribution >= 0.6 is 0 Å². The van der Waals surface area contributed by atoms with Crippen LogP contribution in [-0.4, -0.2) is 41.3 Å². The summed E-state index contributed by atoms with van der Waals surface area (Å²) < 4.78 is 19.3. The zero-order valence-electron chi connectivity index (χ0n) is 12.3. The van der Waals surface area contributed by atoms with Crippen molar-refractivity contribution in [3.63, 3.8) is 0 Å². The van der Waals surface area contributed by atoms with E-state index < -0.39 is 0 Å². The highest BCUT2D eigenvalue weighted by atomic mass is 16.7. The highest BCUT2D eigenvalue weighted by molar-refractivity contribution is 6.62. The van der Waals surface area contributed by atoms with E-state index in [1.54, 1.807) is 0 Å². The molecular weight excluding hydrogens is 243 g/mol. The van der Waals surface area contributed by atoms with Gasteiger partial charge in [0.2, 0.25) is 0 Å². The van der Waals surface area contributed by atoms with Gasteiger partial charge < -0.3 is 14.0 Å². The summed E-state index contributed by atoms with van der Waals surface area (Å²) in [6, 6.07) is 0. The van der Waals surface area contributed by atoms with Gasteiger partial charge in [-0.2, -0.15) is 5.10 Å². The second kappa shape index (κ2) is 3.84. The Balaban J connectivity index is 1.81. The molecule has 0 aromatic carbocycles. The Labute approximate surface area is 114 Å². The molecule has 0 bridgehead atoms. The van der Waals surface area contributed by atoms with Crippen molar-refractivity contribution >= 4 is 12.6 Å². The van der Waals surface area contributed by atoms with Gasteiger partial charge in [-0.15, -0.1) is 0 Å². The lowest BCUT2D eigenvalue weighted by Gasteiger charge is -2.38. The zero-order chi connectivity index (χ0) is 13.9. The Morgan fingerprint density at radius 2 is 1.68 bits per heavy atom. The summed E-state index contributed by atoms with van der Waals surface area (Å²) in [7, 11) is -0.344. The first kappa shape index (κ1) is 13.2. The molecule has 3 heterocycles. The number of aromatic nitrogens is 2. The molecule has 19 heavy (non-hydrogen) atoms. The van der Waals surface area contributed by atoms with Crippen molar-refractivity contribution in [2.45, 2.75) is 51.4 Å². The average molecular weight is 264 g/mol. The van der Waals surface area contributed by atoms with Crippen LogP contribution in [0.15, 0.2) is 12.4 Å². The highest BCUT2D eigenvalue weighted by Crippen LogP contribution is 2.36. The lowest BCUT2D eigenvalue weighted by atomic mass is 9.82. The third kappa shape index (κ3) is 1.93. The Morgan fingerprint density at radius 3 is 2.16 bits per heavy atom. The third-order valence-electron chi connectivity index (χ3n) is 4.51. The predicted octanol–water partition coefficient (Wildman–Crippen LogP) is 0.928. The van der Waals surface area contributed by atoms with Gasteiger partial charge in [-0.05, 0) is 34.6 Å². The SMILES string of the molecule is CC1(n2cc(B3OC(C)(C)C(C)(C)O3)cn2)COC1. The first-order valence-corrected chi connectivity index (χ1v) is 6.72. The topological polar surface area (TPSA) is 45.5 Å². The molecule has 0 unspecified atom stereocenters. The van der Waals surface area contributed by atoms with E-state index in [2.05, 4.69) is 39.7 Å². The van der Waals surface area contributed by atoms with Gasteiger partial charge in [-0.3, -0.25) is 4.68 Å². The first-order chi connectivity index (χ1) is 8.74. The van der Waals surface area contributed by atoms with Gasteiger partial charge in [-0.1, -0.05) is 0 Å². The van der Waals surface area contributed by atoms with Crippen molar-refractivity contribution < 1.29 is 14.0 Å². The molecular formula is C13H21BN2O3. The second-order valence-corrected chi connectivity index (χ2v) is 6.80. The average Bonchev–Trinajstić information content (AvgIpc) is 2.79. The molecule has 1 aromatic heterocycles. The van der Waals surface area contributed by atoms with E-state index in [1.807, 2.05) is 17.1 Å². The van der Waals surface area contributed by atoms with E-state index in [1.165, 1.54) is 0 Å². The molecule has 2 fully saturated rings. The summed E-state index contributed by atoms with van der Waals surface area (Å²) >= 11 is 0. The Bertz CT molecular complexity index is 478. The highest BCUT2D eigenvalue weighted by Gasteiger charge is 2.52. The minimum atomic E-state index is -0.344. The fourth-order valence-corrected chi connectivity index (χ4v) is 2.26. The molecule has 0 N–H and O–H groups in total. The van der Waals surface area contributed by atoms with Gasteiger partial charge in [0, 0.05) is 17.9 Å². The standard InChI is InChI=1S/C13H21BN2O3/c1-11(2)12(3,4)19-14(18-11)10-6-15-16(7-10)13(5)8-17-9-13/h6-7H,8-9H2,1-5H3. The summed E-state index contributed by atoms with van der Waals surface area (Å²) in [5, 5.41) is 4.43. The van der Waals surface area contributed by atoms with Crippen LogP contribution in [0.3, 0.4) is 0 Å². The molecule has 2 aliphatic rings. The molecule has 6 heteroatoms. The summed E-state index contributed by atoms with van der Waals surface area (Å²) in [5.74, 6) is 0. The maximum Gasteiger partial charge on any atom is 0.498 e. The Kier molecular flexibility index (Phi) is 2.66. The maximum absolute atomic E-state index is 6.02. The fourth-order valence-electron chi connectivity index (χ4n) is 2.26. The monoisotopic (exact) mass is 264 g/mol. The van der Waals surface area contributed by atoms with E-state index in [0.29, 0.717) is 13.2 Å². The lowest BCUT2D eigenvalue weighted by Crippen LogP contribution is -2.49. The minimum Gasteiger partial charge on any atom is -0.399 e. The van der Waals surface area contributed by atoms with E-state index in [0.717, 1.165) is 5.46 Å². The molecule has 2 saturated heterocycles. The van der Waals surface area contributed by atoms with Crippen LogP contribution in [0.2, 0.25) is 0 Å². The van der Waals surface area contributed by atoms with Crippen LogP contribution in [0, 0.1) is 0 Å². The predicted molar refractivity (Wildman–Crippen MR) is 72.4 cm³/mol. The number of rotatable bonds is 2. The maximum atomic E-state index is 6.02. The van der Waals surface area contributed by atoms with Crippen molar-refractivity contribution in [2.24, 2.45) is 0 Å². The van der Waals surface area contributed by atoms with Crippen LogP contribution in [0.4, 0.5) is 0 Å². The quantitative estimate of drug-likeness (QED) is 0.745. The summed E-state index contributed by atoms with van der Waals surface area (Å²) in [6.45, 7) is 11.8. The summed E-state index contributed by atoms with van der Waals surface area (Å²) in [6.07, 6.45) is 3.83. The van der Waals surface area contributed by atoms with Crippen molar-refractivity contribution in [3.8, 4) is 0 Å². The second-order valence-electron chi connectivity index (χ2n) is 6.80. The molecule has 0 amide bonds. The van der Waals surface area contributed by atoms with E-state index >= 15 is 0 Å². The van der Waals surface area contributed by atoms with Crippen LogP contribution in [0.5, 0.6) is 0 Å². The van der Waals surface area contributed by atoms with Crippen molar-refractivity contribution in [2.75, 3.05) is 13.2 Å². The van der Waals surface area contributed by atoms with E-state index in [4.69, 9.17) is 14.0 Å². The first-order valence-electron chi connectivity index (χ1n) is 6.72. The number of ether oxygens (including phenoxy) is 1. The van der Waals surface area contributed by atoms with Crippen LogP contribution < -0.4 is 5.46 Å². The lowest BCUT2D eigenvalue weighted by molar-refractivity contribution is -0.0957. The van der Waals surface area contributed by atoms with Gasteiger partial charge in [0.25, 0.3) is 0 Å². The minimum absolute atomic E-state index is 0.0259. The van der Waals surface area contributed by atoms with Gasteiger partial charge in [0.05, 0.1) is 24.4 Å². The third-order valence-corrected chi connectivity index (χ3v) is 4.51. The molecule has 1 aromatic rings. The van der Waals surface area contributed by atoms with E-state index in [9.17, 15) is 0 Å². The summed E-state index contributed by atoms with van der Waals surface area (Å²) in [4.78, 5) is 0. The molecule has 0 atom stereocenters. The van der Waals surface area contributed by atoms with Gasteiger partial charge in [-0.25, -0.2) is 0 Å². The zero-order valence-corrected chi connectivity index (χ0v) is 12.3. The molecule has 0 radical (unpaired) electrons. The van der Waals surface area contributed by atoms with Crippen LogP contribution in [0.1, 0.15) is 34.6 Å². The molecule has 2 aliphatic heterocycles. The van der Waals surface area contributed by atoms with Crippen LogP contribution in [-0.2, 0) is 19.6 Å². The smallest absolute Gasteiger partial charge is 0.399 e. The molecule has 3 rings (SSSR count). The molecule has 5 nitrogen and oxygen atoms in total. The Hall–Kier alpha value is -0.845. The Morgan fingerprint density at radius 1 is 1.11 bits per heavy atom. The normalized spacial score (nSPS) is 27.3. The number of hydrogen-bond acceptors (Lipinski definition) is 4. The molecule has 104 valence electrons. The molecule has 0 spiro atoms. The van der Waals surface area contributed by atoms with Crippen molar-refractivity contribution in [1.29, 1.82) is 0 Å². The molecule has 0 aliphatic carbocycles. The van der Waals surface area contributed by atoms with Gasteiger partial charge >= 0.3 is 7.12 Å². The number of nitrogens with zero attached hydrogens (tertiary/aromatic N) is 2. The van der Waals surface area contributed by atoms with Crippen molar-refractivity contribution in [3.05, 3.63) is 12.4 Å². The van der Waals surface area contributed by atoms with E-state index in [-0.39, 0.29) is 23.9 Å². The molecule has 0 saturated carbocycles. The largest absolute Gasteiger partial charge is 0.498 e. The van der Waals surface area contributed by atoms with Crippen molar-refractivity contribution in [1.82, 2.24) is 9.78 Å². The number of hydrogen-bond donors (Lipinski definition) is 0. The van der Waals surface area contributed by atoms with Gasteiger partial charge in [0.15, 0.2) is 0 Å². The fraction of sp³-hybridized carbons (Fsp3) is 0.769. The summed E-state index contributed by atoms with van der Waals surface area (Å²) in [5.41, 5.74) is 0.306. The van der Waals surface area contributed by atoms with Crippen LogP contribution in [0.25, 0.3) is 0 Å². The van der Waals surface area contributed by atoms with Gasteiger partial charge in [0.1, 0.15) is 5.54 Å².